The van der Waals surface area contributed by atoms with Crippen molar-refractivity contribution in [2.75, 3.05) is 0 Å². The monoisotopic (exact) mass is 357 g/mol. The van der Waals surface area contributed by atoms with Crippen LogP contribution in [0.5, 0.6) is 5.75 Å². The summed E-state index contributed by atoms with van der Waals surface area (Å²) in [5.41, 5.74) is -0.141. The van der Waals surface area contributed by atoms with Gasteiger partial charge in [0.05, 0.1) is 10.0 Å². The van der Waals surface area contributed by atoms with Gasteiger partial charge in [-0.1, -0.05) is 6.92 Å². The summed E-state index contributed by atoms with van der Waals surface area (Å²) in [6.07, 6.45) is 0.130. The van der Waals surface area contributed by atoms with E-state index in [-0.39, 0.29) is 17.0 Å². The highest BCUT2D eigenvalue weighted by Gasteiger charge is 2.23. The molecule has 0 spiro atoms. The Hall–Kier alpha value is -1.56. The molecule has 1 aromatic rings. The molecule has 0 aromatic heterocycles. The zero-order valence-corrected chi connectivity index (χ0v) is 14.2. The summed E-state index contributed by atoms with van der Waals surface area (Å²) in [6.45, 7) is 7.52. The average Bonchev–Trinajstić information content (AvgIpc) is 2.40. The van der Waals surface area contributed by atoms with E-state index < -0.39 is 12.1 Å². The normalized spacial score (nSPS) is 12.6. The fourth-order valence-electron chi connectivity index (χ4n) is 1.50. The molecule has 2 N–H and O–H groups in total. The van der Waals surface area contributed by atoms with Gasteiger partial charge in [-0.15, -0.1) is 0 Å². The quantitative estimate of drug-likeness (QED) is 0.819. The number of rotatable bonds is 6. The van der Waals surface area contributed by atoms with Gasteiger partial charge in [0.2, 0.25) is 0 Å². The number of carboxylic acids is 1. The molecule has 116 valence electrons. The van der Waals surface area contributed by atoms with Crippen LogP contribution >= 0.6 is 15.9 Å². The van der Waals surface area contributed by atoms with E-state index in [1.54, 1.807) is 6.92 Å². The van der Waals surface area contributed by atoms with Crippen molar-refractivity contribution < 1.29 is 19.4 Å². The first-order valence-corrected chi connectivity index (χ1v) is 7.47. The predicted molar refractivity (Wildman–Crippen MR) is 83.7 cm³/mol. The number of ether oxygens (including phenoxy) is 1. The molecule has 1 rings (SSSR count). The van der Waals surface area contributed by atoms with Crippen LogP contribution < -0.4 is 10.1 Å². The maximum Gasteiger partial charge on any atom is 0.335 e. The van der Waals surface area contributed by atoms with Crippen molar-refractivity contribution in [3.63, 3.8) is 0 Å². The van der Waals surface area contributed by atoms with Gasteiger partial charge >= 0.3 is 5.97 Å². The van der Waals surface area contributed by atoms with Crippen LogP contribution in [0.3, 0.4) is 0 Å². The summed E-state index contributed by atoms with van der Waals surface area (Å²) < 4.78 is 6.08. The lowest BCUT2D eigenvalue weighted by atomic mass is 10.0. The van der Waals surface area contributed by atoms with Gasteiger partial charge in [0.15, 0.2) is 6.10 Å². The Bertz CT molecular complexity index is 542. The Morgan fingerprint density at radius 1 is 1.43 bits per heavy atom. The zero-order chi connectivity index (χ0) is 16.2. The molecule has 6 heteroatoms. The van der Waals surface area contributed by atoms with Gasteiger partial charge in [-0.05, 0) is 61.3 Å². The van der Waals surface area contributed by atoms with E-state index in [0.29, 0.717) is 10.2 Å². The molecule has 1 atom stereocenters. The standard InChI is InChI=1S/C15H20BrNO4/c1-5-15(3,4)17-13(18)9(2)21-12-7-6-10(14(19)20)8-11(12)16/h6-9H,5H2,1-4H3,(H,17,18)(H,19,20). The fraction of sp³-hybridized carbons (Fsp3) is 0.467. The number of benzene rings is 1. The molecule has 0 heterocycles. The number of hydrogen-bond donors (Lipinski definition) is 2. The number of carbonyl (C=O) groups is 2. The van der Waals surface area contributed by atoms with Crippen LogP contribution in [0.1, 0.15) is 44.5 Å². The number of hydrogen-bond acceptors (Lipinski definition) is 3. The molecule has 0 aliphatic heterocycles. The minimum Gasteiger partial charge on any atom is -0.480 e. The van der Waals surface area contributed by atoms with Crippen molar-refractivity contribution in [3.8, 4) is 5.75 Å². The molecular weight excluding hydrogens is 338 g/mol. The van der Waals surface area contributed by atoms with Crippen molar-refractivity contribution >= 4 is 27.8 Å². The second-order valence-electron chi connectivity index (χ2n) is 5.44. The molecule has 5 nitrogen and oxygen atoms in total. The highest BCUT2D eigenvalue weighted by atomic mass is 79.9. The first-order chi connectivity index (χ1) is 9.66. The Morgan fingerprint density at radius 3 is 2.52 bits per heavy atom. The van der Waals surface area contributed by atoms with Crippen molar-refractivity contribution in [3.05, 3.63) is 28.2 Å². The van der Waals surface area contributed by atoms with Crippen molar-refractivity contribution in [1.29, 1.82) is 0 Å². The van der Waals surface area contributed by atoms with Gasteiger partial charge in [-0.2, -0.15) is 0 Å². The minimum atomic E-state index is -1.02. The lowest BCUT2D eigenvalue weighted by Crippen LogP contribution is -2.48. The molecule has 0 radical (unpaired) electrons. The molecule has 21 heavy (non-hydrogen) atoms. The van der Waals surface area contributed by atoms with Gasteiger partial charge in [-0.25, -0.2) is 4.79 Å². The number of nitrogens with one attached hydrogen (secondary N) is 1. The molecule has 0 aliphatic rings. The van der Waals surface area contributed by atoms with E-state index in [4.69, 9.17) is 9.84 Å². The third-order valence-electron chi connectivity index (χ3n) is 3.20. The van der Waals surface area contributed by atoms with Gasteiger partial charge in [-0.3, -0.25) is 4.79 Å². The van der Waals surface area contributed by atoms with E-state index in [9.17, 15) is 9.59 Å². The number of halogens is 1. The third-order valence-corrected chi connectivity index (χ3v) is 3.82. The lowest BCUT2D eigenvalue weighted by Gasteiger charge is -2.26. The Balaban J connectivity index is 2.77. The SMILES string of the molecule is CCC(C)(C)NC(=O)C(C)Oc1ccc(C(=O)O)cc1Br. The molecule has 0 saturated heterocycles. The summed E-state index contributed by atoms with van der Waals surface area (Å²) in [5, 5.41) is 11.8. The molecule has 1 aromatic carbocycles. The van der Waals surface area contributed by atoms with E-state index in [1.165, 1.54) is 18.2 Å². The van der Waals surface area contributed by atoms with Crippen LogP contribution in [-0.2, 0) is 4.79 Å². The second-order valence-corrected chi connectivity index (χ2v) is 6.29. The average molecular weight is 358 g/mol. The van der Waals surface area contributed by atoms with Crippen LogP contribution in [-0.4, -0.2) is 28.6 Å². The van der Waals surface area contributed by atoms with Gasteiger partial charge in [0.1, 0.15) is 5.75 Å². The van der Waals surface area contributed by atoms with Crippen LogP contribution in [0.4, 0.5) is 0 Å². The molecule has 0 bridgehead atoms. The number of carboxylic acid groups (broad SMARTS) is 1. The molecule has 0 saturated carbocycles. The topological polar surface area (TPSA) is 75.6 Å². The number of aromatic carboxylic acids is 1. The van der Waals surface area contributed by atoms with Gasteiger partial charge in [0, 0.05) is 5.54 Å². The minimum absolute atomic E-state index is 0.151. The summed E-state index contributed by atoms with van der Waals surface area (Å²) in [4.78, 5) is 22.9. The van der Waals surface area contributed by atoms with Gasteiger partial charge in [0.25, 0.3) is 5.91 Å². The van der Waals surface area contributed by atoms with E-state index in [0.717, 1.165) is 6.42 Å². The van der Waals surface area contributed by atoms with E-state index in [1.807, 2.05) is 20.8 Å². The third kappa shape index (κ3) is 5.04. The Kier molecular flexibility index (Phi) is 5.78. The summed E-state index contributed by atoms with van der Waals surface area (Å²) in [6, 6.07) is 4.41. The molecule has 1 unspecified atom stereocenters. The summed E-state index contributed by atoms with van der Waals surface area (Å²) in [7, 11) is 0. The first kappa shape index (κ1) is 17.5. The van der Waals surface area contributed by atoms with Crippen LogP contribution in [0.15, 0.2) is 22.7 Å². The Labute approximate surface area is 132 Å². The van der Waals surface area contributed by atoms with Crippen LogP contribution in [0, 0.1) is 0 Å². The predicted octanol–water partition coefficient (Wildman–Crippen LogP) is 3.22. The largest absolute Gasteiger partial charge is 0.480 e. The lowest BCUT2D eigenvalue weighted by molar-refractivity contribution is -0.129. The van der Waals surface area contributed by atoms with Crippen LogP contribution in [0.25, 0.3) is 0 Å². The van der Waals surface area contributed by atoms with E-state index in [2.05, 4.69) is 21.2 Å². The second kappa shape index (κ2) is 6.93. The summed E-state index contributed by atoms with van der Waals surface area (Å²) >= 11 is 3.25. The highest BCUT2D eigenvalue weighted by molar-refractivity contribution is 9.10. The van der Waals surface area contributed by atoms with Crippen molar-refractivity contribution in [1.82, 2.24) is 5.32 Å². The summed E-state index contributed by atoms with van der Waals surface area (Å²) in [5.74, 6) is -0.800. The van der Waals surface area contributed by atoms with Crippen LogP contribution in [0.2, 0.25) is 0 Å². The maximum absolute atomic E-state index is 12.1. The molecular formula is C15H20BrNO4. The highest BCUT2D eigenvalue weighted by Crippen LogP contribution is 2.27. The van der Waals surface area contributed by atoms with E-state index >= 15 is 0 Å². The zero-order valence-electron chi connectivity index (χ0n) is 12.6. The first-order valence-electron chi connectivity index (χ1n) is 6.68. The van der Waals surface area contributed by atoms with Gasteiger partial charge < -0.3 is 15.2 Å². The fourth-order valence-corrected chi connectivity index (χ4v) is 1.97. The molecule has 1 amide bonds. The smallest absolute Gasteiger partial charge is 0.335 e. The van der Waals surface area contributed by atoms with Crippen molar-refractivity contribution in [2.24, 2.45) is 0 Å². The Morgan fingerprint density at radius 2 is 2.05 bits per heavy atom. The number of amides is 1. The maximum atomic E-state index is 12.1. The van der Waals surface area contributed by atoms with Crippen molar-refractivity contribution in [2.45, 2.75) is 45.8 Å². The number of carbonyl (C=O) groups excluding carboxylic acids is 1. The molecule has 0 fully saturated rings. The molecule has 0 aliphatic carbocycles.